The number of carbonyl (C=O) groups is 8. The molecule has 8 amide bonds. The van der Waals surface area contributed by atoms with E-state index >= 15 is 0 Å². The Bertz CT molecular complexity index is 2190. The number of primary amides is 1. The predicted molar refractivity (Wildman–Crippen MR) is 286 cm³/mol. The lowest BCUT2D eigenvalue weighted by Gasteiger charge is -2.26. The van der Waals surface area contributed by atoms with Crippen LogP contribution in [0.1, 0.15) is 104 Å². The van der Waals surface area contributed by atoms with E-state index in [1.807, 2.05) is 25.6 Å². The highest BCUT2D eigenvalue weighted by atomic mass is 32.2. The maximum Gasteiger partial charge on any atom is 0.530 e. The topological polar surface area (TPSA) is 319 Å². The van der Waals surface area contributed by atoms with Crippen molar-refractivity contribution in [3.8, 4) is 5.75 Å². The first kappa shape index (κ1) is 65.7. The number of hydrogen-bond acceptors (Lipinski definition) is 16. The van der Waals surface area contributed by atoms with Gasteiger partial charge in [0.15, 0.2) is 0 Å². The van der Waals surface area contributed by atoms with Crippen LogP contribution in [-0.2, 0) is 74.5 Å². The molecule has 0 aliphatic carbocycles. The van der Waals surface area contributed by atoms with Crippen LogP contribution < -0.4 is 47.5 Å². The van der Waals surface area contributed by atoms with Crippen molar-refractivity contribution >= 4 is 67.0 Å². The van der Waals surface area contributed by atoms with Crippen molar-refractivity contribution in [3.05, 3.63) is 54.6 Å². The minimum atomic E-state index is -4.30. The Labute approximate surface area is 454 Å². The van der Waals surface area contributed by atoms with Crippen molar-refractivity contribution in [3.63, 3.8) is 0 Å². The second kappa shape index (κ2) is 34.3. The summed E-state index contributed by atoms with van der Waals surface area (Å²) < 4.78 is 60.3. The highest BCUT2D eigenvalue weighted by molar-refractivity contribution is 8.00. The van der Waals surface area contributed by atoms with Gasteiger partial charge in [0.05, 0.1) is 51.7 Å². The first-order chi connectivity index (χ1) is 36.5. The first-order valence-electron chi connectivity index (χ1n) is 25.8. The van der Waals surface area contributed by atoms with Crippen molar-refractivity contribution in [1.29, 1.82) is 0 Å². The summed E-state index contributed by atoms with van der Waals surface area (Å²) in [4.78, 5) is 103. The van der Waals surface area contributed by atoms with Crippen LogP contribution in [0, 0.1) is 5.92 Å². The Kier molecular flexibility index (Phi) is 29.3. The summed E-state index contributed by atoms with van der Waals surface area (Å²) in [5.41, 5.74) is 4.90. The number of phosphoric acid groups is 1. The molecular formula is C51H80FN8O15PS. The number of alkyl halides is 1. The number of hydrogen-bond donors (Lipinski definition) is 8. The fraction of sp³-hybridized carbons (Fsp3) is 0.647. The van der Waals surface area contributed by atoms with Gasteiger partial charge in [-0.05, 0) is 70.1 Å². The van der Waals surface area contributed by atoms with E-state index in [1.165, 1.54) is 30.4 Å². The number of thioether (sulfide) groups is 1. The smallest absolute Gasteiger partial charge is 0.460 e. The van der Waals surface area contributed by atoms with Gasteiger partial charge >= 0.3 is 19.8 Å². The van der Waals surface area contributed by atoms with Crippen LogP contribution in [0.15, 0.2) is 43.5 Å². The fourth-order valence-electron chi connectivity index (χ4n) is 7.87. The number of esters is 1. The van der Waals surface area contributed by atoms with E-state index in [0.717, 1.165) is 25.0 Å². The summed E-state index contributed by atoms with van der Waals surface area (Å²) in [6, 6.07) is 0.138. The number of benzene rings is 1. The molecule has 6 atom stereocenters. The molecule has 4 unspecified atom stereocenters. The highest BCUT2D eigenvalue weighted by Gasteiger charge is 2.42. The molecule has 0 bridgehead atoms. The fourth-order valence-corrected chi connectivity index (χ4v) is 10.6. The number of rotatable bonds is 39. The molecule has 3 rings (SSSR count). The average molecular weight is 1130 g/mol. The van der Waals surface area contributed by atoms with Gasteiger partial charge in [-0.1, -0.05) is 38.5 Å². The molecule has 1 aromatic carbocycles. The Morgan fingerprint density at radius 2 is 1.44 bits per heavy atom. The average Bonchev–Trinajstić information content (AvgIpc) is 3.93. The van der Waals surface area contributed by atoms with Crippen molar-refractivity contribution in [2.24, 2.45) is 11.7 Å². The van der Waals surface area contributed by atoms with E-state index in [4.69, 9.17) is 33.5 Å². The van der Waals surface area contributed by atoms with Crippen LogP contribution in [-0.4, -0.2) is 147 Å². The van der Waals surface area contributed by atoms with Crippen LogP contribution in [0.3, 0.4) is 0 Å². The number of nitrogens with two attached hydrogens (primary N) is 1. The number of unbranched alkanes of at least 4 members (excludes halogenated alkanes) is 1. The number of halogens is 1. The van der Waals surface area contributed by atoms with Gasteiger partial charge in [0, 0.05) is 61.8 Å². The van der Waals surface area contributed by atoms with Gasteiger partial charge in [0.2, 0.25) is 35.4 Å². The van der Waals surface area contributed by atoms with Crippen molar-refractivity contribution in [2.75, 3.05) is 58.5 Å². The molecular weight excluding hydrogens is 1050 g/mol. The molecule has 1 aromatic rings. The zero-order valence-corrected chi connectivity index (χ0v) is 46.6. The SMILES string of the molecule is C=CCOP(=O)(OCC=C)Oc1ccc(CC(NC(=O)C(CCC(=O)OC(C)(C)C)NC(=O)CCC(=O)NCCOCCOCCNC(=O)CCCCC2SC[C@H]3NC(=O)N[C@@H]23)C(=O)NC(CC(C)C)C(N)=O)cc1CF. The van der Waals surface area contributed by atoms with E-state index in [2.05, 4.69) is 50.4 Å². The standard InChI is InChI=1S/C51H80FN8O15PS/c1-8-22-72-76(69,73-23-9-2)75-40-16-14-34(29-35(40)31-52)30-38(49(67)57-37(47(53)65)28-33(3)4)58-48(66)36(15-19-45(64)74-51(5,6)7)56-44(63)18-17-43(62)55-21-25-71-27-26-70-24-20-54-42(61)13-11-10-12-41-46-39(32-77-41)59-50(68)60-46/h8-9,14,16,29,33,36-39,41,46H,1-2,10-13,15,17-28,30-32H2,3-7H3,(H2,53,65)(H,54,61)(H,55,62)(H,56,63)(H,57,67)(H,58,66)(H2,59,60,68)/t36?,37?,38?,39-,41?,46-/m1/s1. The second-order valence-electron chi connectivity index (χ2n) is 19.7. The van der Waals surface area contributed by atoms with E-state index in [-0.39, 0.29) is 125 Å². The van der Waals surface area contributed by atoms with Crippen molar-refractivity contribution < 1.29 is 75.1 Å². The molecule has 77 heavy (non-hydrogen) atoms. The number of phosphoric ester groups is 1. The minimum absolute atomic E-state index is 0.0585. The number of urea groups is 1. The molecule has 26 heteroatoms. The molecule has 9 N–H and O–H groups in total. The summed E-state index contributed by atoms with van der Waals surface area (Å²) in [6.07, 6.45) is 4.17. The monoisotopic (exact) mass is 1130 g/mol. The molecule has 2 aliphatic heterocycles. The van der Waals surface area contributed by atoms with Gasteiger partial charge in [-0.3, -0.25) is 42.6 Å². The van der Waals surface area contributed by atoms with Gasteiger partial charge in [0.25, 0.3) is 0 Å². The van der Waals surface area contributed by atoms with Crippen LogP contribution >= 0.6 is 19.6 Å². The van der Waals surface area contributed by atoms with Crippen LogP contribution in [0.4, 0.5) is 9.18 Å². The Morgan fingerprint density at radius 1 is 0.831 bits per heavy atom. The normalized spacial score (nSPS) is 17.1. The number of amides is 8. The third kappa shape index (κ3) is 26.1. The van der Waals surface area contributed by atoms with Gasteiger partial charge in [-0.25, -0.2) is 13.8 Å². The van der Waals surface area contributed by atoms with E-state index in [1.54, 1.807) is 20.8 Å². The molecule has 0 spiro atoms. The van der Waals surface area contributed by atoms with Crippen LogP contribution in [0.25, 0.3) is 0 Å². The number of carbonyl (C=O) groups excluding carboxylic acids is 8. The van der Waals surface area contributed by atoms with E-state index in [9.17, 15) is 47.3 Å². The molecule has 0 saturated carbocycles. The third-order valence-electron chi connectivity index (χ3n) is 11.5. The largest absolute Gasteiger partial charge is 0.530 e. The van der Waals surface area contributed by atoms with Crippen molar-refractivity contribution in [2.45, 2.75) is 147 Å². The second-order valence-corrected chi connectivity index (χ2v) is 22.5. The van der Waals surface area contributed by atoms with Gasteiger partial charge < -0.3 is 61.7 Å². The Balaban J connectivity index is 1.54. The zero-order chi connectivity index (χ0) is 57.0. The number of nitrogens with one attached hydrogen (secondary N) is 7. The van der Waals surface area contributed by atoms with E-state index < -0.39 is 73.7 Å². The number of ether oxygens (including phenoxy) is 3. The molecule has 23 nitrogen and oxygen atoms in total. The summed E-state index contributed by atoms with van der Waals surface area (Å²) in [7, 11) is -4.30. The zero-order valence-electron chi connectivity index (χ0n) is 44.9. The predicted octanol–water partition coefficient (Wildman–Crippen LogP) is 3.47. The molecule has 432 valence electrons. The van der Waals surface area contributed by atoms with Gasteiger partial charge in [-0.2, -0.15) is 11.8 Å². The maximum absolute atomic E-state index is 14.6. The van der Waals surface area contributed by atoms with E-state index in [0.29, 0.717) is 24.8 Å². The summed E-state index contributed by atoms with van der Waals surface area (Å²) in [5, 5.41) is 19.5. The van der Waals surface area contributed by atoms with Gasteiger partial charge in [-0.15, -0.1) is 13.2 Å². The molecule has 2 fully saturated rings. The summed E-state index contributed by atoms with van der Waals surface area (Å²) in [6.45, 7) is 15.4. The quantitative estimate of drug-likeness (QED) is 0.0154. The Morgan fingerprint density at radius 3 is 2.04 bits per heavy atom. The summed E-state index contributed by atoms with van der Waals surface area (Å²) in [5.74, 6) is -3.96. The van der Waals surface area contributed by atoms with Crippen LogP contribution in [0.2, 0.25) is 0 Å². The molecule has 2 heterocycles. The molecule has 2 saturated heterocycles. The van der Waals surface area contributed by atoms with Crippen molar-refractivity contribution in [1.82, 2.24) is 37.2 Å². The first-order valence-corrected chi connectivity index (χ1v) is 28.3. The number of fused-ring (bicyclic) bond motifs is 1. The third-order valence-corrected chi connectivity index (χ3v) is 14.4. The lowest BCUT2D eigenvalue weighted by molar-refractivity contribution is -0.155. The van der Waals surface area contributed by atoms with Crippen LogP contribution in [0.5, 0.6) is 5.75 Å². The van der Waals surface area contributed by atoms with Gasteiger partial charge in [0.1, 0.15) is 36.2 Å². The highest BCUT2D eigenvalue weighted by Crippen LogP contribution is 2.50. The molecule has 0 radical (unpaired) electrons. The maximum atomic E-state index is 14.6. The molecule has 2 aliphatic rings. The minimum Gasteiger partial charge on any atom is -0.460 e. The summed E-state index contributed by atoms with van der Waals surface area (Å²) >= 11 is 1.85. The molecule has 0 aromatic heterocycles. The lowest BCUT2D eigenvalue weighted by atomic mass is 9.99. The Hall–Kier alpha value is -5.59. The lowest BCUT2D eigenvalue weighted by Crippen LogP contribution is -2.57.